The van der Waals surface area contributed by atoms with Crippen molar-refractivity contribution >= 4 is 15.9 Å². The Balaban J connectivity index is 1.82. The Hall–Kier alpha value is -2.38. The van der Waals surface area contributed by atoms with Crippen molar-refractivity contribution < 1.29 is 17.9 Å². The molecule has 0 atom stereocenters. The summed E-state index contributed by atoms with van der Waals surface area (Å²) in [6, 6.07) is 14.1. The van der Waals surface area contributed by atoms with E-state index in [4.69, 9.17) is 9.88 Å². The molecule has 6 nitrogen and oxygen atoms in total. The molecule has 1 aliphatic rings. The van der Waals surface area contributed by atoms with Crippen molar-refractivity contribution in [1.29, 1.82) is 0 Å². The number of primary sulfonamides is 1. The fourth-order valence-electron chi connectivity index (χ4n) is 3.35. The number of nitrogens with one attached hydrogen (secondary N) is 1. The molecule has 0 heterocycles. The summed E-state index contributed by atoms with van der Waals surface area (Å²) in [7, 11) is -2.47. The zero-order valence-electron chi connectivity index (χ0n) is 14.6. The van der Waals surface area contributed by atoms with Gasteiger partial charge in [-0.05, 0) is 36.6 Å². The van der Waals surface area contributed by atoms with Gasteiger partial charge in [0.25, 0.3) is 5.91 Å². The van der Waals surface area contributed by atoms with Crippen LogP contribution in [-0.2, 0) is 15.4 Å². The number of carbonyl (C=O) groups excluding carboxylic acids is 1. The molecule has 0 aliphatic heterocycles. The largest absolute Gasteiger partial charge is 0.496 e. The van der Waals surface area contributed by atoms with Gasteiger partial charge < -0.3 is 10.1 Å². The monoisotopic (exact) mass is 374 g/mol. The van der Waals surface area contributed by atoms with Crippen LogP contribution in [0.5, 0.6) is 5.75 Å². The number of benzene rings is 2. The first-order valence-corrected chi connectivity index (χ1v) is 9.95. The number of carbonyl (C=O) groups is 1. The van der Waals surface area contributed by atoms with Crippen molar-refractivity contribution in [2.24, 2.45) is 5.14 Å². The van der Waals surface area contributed by atoms with E-state index in [1.165, 1.54) is 30.9 Å². The molecule has 1 fully saturated rings. The quantitative estimate of drug-likeness (QED) is 0.810. The topological polar surface area (TPSA) is 98.5 Å². The summed E-state index contributed by atoms with van der Waals surface area (Å²) >= 11 is 0. The maximum Gasteiger partial charge on any atom is 0.255 e. The minimum Gasteiger partial charge on any atom is -0.496 e. The molecular formula is C19H22N2O4S. The fraction of sp³-hybridized carbons (Fsp3) is 0.316. The van der Waals surface area contributed by atoms with E-state index >= 15 is 0 Å². The van der Waals surface area contributed by atoms with Crippen LogP contribution in [0.1, 0.15) is 35.2 Å². The highest BCUT2D eigenvalue weighted by Crippen LogP contribution is 2.43. The zero-order valence-corrected chi connectivity index (χ0v) is 15.4. The van der Waals surface area contributed by atoms with Gasteiger partial charge in [-0.1, -0.05) is 36.8 Å². The highest BCUT2D eigenvalue weighted by Gasteiger charge is 2.38. The first-order valence-electron chi connectivity index (χ1n) is 8.40. The van der Waals surface area contributed by atoms with Gasteiger partial charge in [-0.3, -0.25) is 4.79 Å². The number of nitrogens with two attached hydrogens (primary N) is 1. The first-order chi connectivity index (χ1) is 12.4. The lowest BCUT2D eigenvalue weighted by Gasteiger charge is -2.42. The lowest BCUT2D eigenvalue weighted by atomic mass is 9.64. The van der Waals surface area contributed by atoms with Crippen LogP contribution >= 0.6 is 0 Å². The Morgan fingerprint density at radius 1 is 1.19 bits per heavy atom. The van der Waals surface area contributed by atoms with Gasteiger partial charge in [-0.25, -0.2) is 13.6 Å². The van der Waals surface area contributed by atoms with Crippen LogP contribution in [0.15, 0.2) is 53.4 Å². The molecule has 1 saturated carbocycles. The standard InChI is InChI=1S/C19H22N2O4S/c1-25-17-9-8-15(26(20,23)24)12-16(17)18(22)21-13-19(10-5-11-19)14-6-3-2-4-7-14/h2-4,6-9,12H,5,10-11,13H2,1H3,(H,21,22)(H2,20,23,24). The van der Waals surface area contributed by atoms with E-state index in [0.29, 0.717) is 12.3 Å². The maximum absolute atomic E-state index is 12.7. The molecule has 2 aromatic carbocycles. The smallest absolute Gasteiger partial charge is 0.255 e. The van der Waals surface area contributed by atoms with Crippen LogP contribution < -0.4 is 15.2 Å². The summed E-state index contributed by atoms with van der Waals surface area (Å²) in [4.78, 5) is 12.6. The molecule has 1 aliphatic carbocycles. The van der Waals surface area contributed by atoms with Crippen LogP contribution in [0.3, 0.4) is 0 Å². The van der Waals surface area contributed by atoms with E-state index in [-0.39, 0.29) is 21.8 Å². The normalized spacial score (nSPS) is 15.8. The number of sulfonamides is 1. The molecule has 0 spiro atoms. The molecule has 0 saturated heterocycles. The van der Waals surface area contributed by atoms with Gasteiger partial charge in [0, 0.05) is 12.0 Å². The molecule has 3 N–H and O–H groups in total. The highest BCUT2D eigenvalue weighted by molar-refractivity contribution is 7.89. The molecule has 0 aromatic heterocycles. The third-order valence-electron chi connectivity index (χ3n) is 5.03. The van der Waals surface area contributed by atoms with Gasteiger partial charge in [-0.15, -0.1) is 0 Å². The summed E-state index contributed by atoms with van der Waals surface area (Å²) in [5.41, 5.74) is 1.29. The number of methoxy groups -OCH3 is 1. The number of amides is 1. The SMILES string of the molecule is COc1ccc(S(N)(=O)=O)cc1C(=O)NCC1(c2ccccc2)CCC1. The minimum atomic E-state index is -3.90. The van der Waals surface area contributed by atoms with Gasteiger partial charge in [0.15, 0.2) is 0 Å². The second-order valence-electron chi connectivity index (χ2n) is 6.59. The van der Waals surface area contributed by atoms with Crippen molar-refractivity contribution in [2.45, 2.75) is 29.6 Å². The fourth-order valence-corrected chi connectivity index (χ4v) is 3.89. The summed E-state index contributed by atoms with van der Waals surface area (Å²) in [5, 5.41) is 8.11. The summed E-state index contributed by atoms with van der Waals surface area (Å²) in [6.07, 6.45) is 3.13. The first kappa shape index (κ1) is 18.4. The van der Waals surface area contributed by atoms with Crippen LogP contribution in [-0.4, -0.2) is 28.0 Å². The van der Waals surface area contributed by atoms with Gasteiger partial charge in [0.1, 0.15) is 5.75 Å². The van der Waals surface area contributed by atoms with Gasteiger partial charge in [-0.2, -0.15) is 0 Å². The van der Waals surface area contributed by atoms with Gasteiger partial charge >= 0.3 is 0 Å². The highest BCUT2D eigenvalue weighted by atomic mass is 32.2. The predicted molar refractivity (Wildman–Crippen MR) is 98.7 cm³/mol. The molecule has 2 aromatic rings. The number of rotatable bonds is 6. The van der Waals surface area contributed by atoms with Crippen molar-refractivity contribution in [1.82, 2.24) is 5.32 Å². The number of ether oxygens (including phenoxy) is 1. The summed E-state index contributed by atoms with van der Waals surface area (Å²) < 4.78 is 28.3. The van der Waals surface area contributed by atoms with Crippen LogP contribution in [0.2, 0.25) is 0 Å². The van der Waals surface area contributed by atoms with Crippen molar-refractivity contribution in [3.05, 3.63) is 59.7 Å². The molecule has 0 unspecified atom stereocenters. The van der Waals surface area contributed by atoms with E-state index in [0.717, 1.165) is 19.3 Å². The van der Waals surface area contributed by atoms with Crippen LogP contribution in [0.4, 0.5) is 0 Å². The summed E-state index contributed by atoms with van der Waals surface area (Å²) in [6.45, 7) is 0.485. The van der Waals surface area contributed by atoms with Crippen molar-refractivity contribution in [3.8, 4) is 5.75 Å². The zero-order chi connectivity index (χ0) is 18.8. The van der Waals surface area contributed by atoms with E-state index < -0.39 is 10.0 Å². The Morgan fingerprint density at radius 3 is 2.42 bits per heavy atom. The Bertz CT molecular complexity index is 906. The van der Waals surface area contributed by atoms with E-state index in [2.05, 4.69) is 17.4 Å². The third-order valence-corrected chi connectivity index (χ3v) is 5.94. The maximum atomic E-state index is 12.7. The van der Waals surface area contributed by atoms with Crippen LogP contribution in [0, 0.1) is 0 Å². The average Bonchev–Trinajstić information content (AvgIpc) is 2.60. The lowest BCUT2D eigenvalue weighted by Crippen LogP contribution is -2.45. The Kier molecular flexibility index (Phi) is 5.02. The van der Waals surface area contributed by atoms with Gasteiger partial charge in [0.05, 0.1) is 17.6 Å². The predicted octanol–water partition coefficient (Wildman–Crippen LogP) is 2.19. The van der Waals surface area contributed by atoms with Crippen molar-refractivity contribution in [2.75, 3.05) is 13.7 Å². The number of hydrogen-bond donors (Lipinski definition) is 2. The van der Waals surface area contributed by atoms with E-state index in [9.17, 15) is 13.2 Å². The lowest BCUT2D eigenvalue weighted by molar-refractivity contribution is 0.0924. The van der Waals surface area contributed by atoms with Crippen LogP contribution in [0.25, 0.3) is 0 Å². The second-order valence-corrected chi connectivity index (χ2v) is 8.15. The molecule has 0 radical (unpaired) electrons. The average molecular weight is 374 g/mol. The molecule has 7 heteroatoms. The molecular weight excluding hydrogens is 352 g/mol. The second kappa shape index (κ2) is 7.09. The molecule has 138 valence electrons. The molecule has 0 bridgehead atoms. The molecule has 26 heavy (non-hydrogen) atoms. The molecule has 1 amide bonds. The third kappa shape index (κ3) is 3.59. The van der Waals surface area contributed by atoms with E-state index in [1.54, 1.807) is 0 Å². The Morgan fingerprint density at radius 2 is 1.88 bits per heavy atom. The summed E-state index contributed by atoms with van der Waals surface area (Å²) in [5.74, 6) is -0.0770. The minimum absolute atomic E-state index is 0.0677. The van der Waals surface area contributed by atoms with E-state index in [1.807, 2.05) is 18.2 Å². The van der Waals surface area contributed by atoms with Gasteiger partial charge in [0.2, 0.25) is 10.0 Å². The molecule has 3 rings (SSSR count). The Labute approximate surface area is 153 Å². The van der Waals surface area contributed by atoms with Crippen molar-refractivity contribution in [3.63, 3.8) is 0 Å². The number of hydrogen-bond acceptors (Lipinski definition) is 4.